The first-order valence-electron chi connectivity index (χ1n) is 5.57. The first-order chi connectivity index (χ1) is 6.76. The molecule has 0 fully saturated rings. The van der Waals surface area contributed by atoms with Gasteiger partial charge in [0, 0.05) is 12.6 Å². The predicted molar refractivity (Wildman–Crippen MR) is 69.7 cm³/mol. The van der Waals surface area contributed by atoms with Gasteiger partial charge in [0.25, 0.3) is 0 Å². The Kier molecular flexibility index (Phi) is 7.45. The van der Waals surface area contributed by atoms with Crippen LogP contribution in [0.25, 0.3) is 0 Å². The van der Waals surface area contributed by atoms with E-state index in [4.69, 9.17) is 0 Å². The molecule has 1 nitrogen and oxygen atoms in total. The normalized spacial score (nSPS) is 11.9. The second kappa shape index (κ2) is 7.72. The van der Waals surface area contributed by atoms with Gasteiger partial charge >= 0.3 is 0 Å². The van der Waals surface area contributed by atoms with Gasteiger partial charge in [0.1, 0.15) is 0 Å². The van der Waals surface area contributed by atoms with Gasteiger partial charge in [-0.15, -0.1) is 12.4 Å². The zero-order valence-electron chi connectivity index (χ0n) is 9.92. The van der Waals surface area contributed by atoms with Gasteiger partial charge in [-0.3, -0.25) is 0 Å². The number of rotatable bonds is 5. The molecule has 0 amide bonds. The lowest BCUT2D eigenvalue weighted by atomic mass is 10.1. The standard InChI is InChI=1S/C13H21N.ClH/c1-4-11(3)14-10-13-8-6-12(5-2)7-9-13;/h6-9,11,14H,4-5,10H2,1-3H3;1H. The topological polar surface area (TPSA) is 12.0 Å². The number of nitrogens with one attached hydrogen (secondary N) is 1. The Morgan fingerprint density at radius 2 is 1.60 bits per heavy atom. The van der Waals surface area contributed by atoms with E-state index < -0.39 is 0 Å². The van der Waals surface area contributed by atoms with Crippen LogP contribution in [0.5, 0.6) is 0 Å². The summed E-state index contributed by atoms with van der Waals surface area (Å²) < 4.78 is 0. The van der Waals surface area contributed by atoms with Crippen molar-refractivity contribution in [2.75, 3.05) is 0 Å². The van der Waals surface area contributed by atoms with E-state index in [9.17, 15) is 0 Å². The summed E-state index contributed by atoms with van der Waals surface area (Å²) in [7, 11) is 0. The number of benzene rings is 1. The van der Waals surface area contributed by atoms with E-state index >= 15 is 0 Å². The maximum Gasteiger partial charge on any atom is 0.0207 e. The van der Waals surface area contributed by atoms with Crippen molar-refractivity contribution in [3.8, 4) is 0 Å². The van der Waals surface area contributed by atoms with E-state index in [1.165, 1.54) is 17.5 Å². The Bertz CT molecular complexity index is 256. The lowest BCUT2D eigenvalue weighted by Gasteiger charge is -2.11. The van der Waals surface area contributed by atoms with Crippen LogP contribution in [0.1, 0.15) is 38.3 Å². The van der Waals surface area contributed by atoms with E-state index in [-0.39, 0.29) is 12.4 Å². The number of aryl methyl sites for hydroxylation is 1. The molecular weight excluding hydrogens is 206 g/mol. The molecule has 0 aromatic heterocycles. The second-order valence-electron chi connectivity index (χ2n) is 3.86. The summed E-state index contributed by atoms with van der Waals surface area (Å²) in [5, 5.41) is 3.49. The highest BCUT2D eigenvalue weighted by Crippen LogP contribution is 2.05. The zero-order chi connectivity index (χ0) is 10.4. The summed E-state index contributed by atoms with van der Waals surface area (Å²) in [6.45, 7) is 7.60. The molecule has 15 heavy (non-hydrogen) atoms. The van der Waals surface area contributed by atoms with Crippen molar-refractivity contribution in [2.24, 2.45) is 0 Å². The van der Waals surface area contributed by atoms with Crippen LogP contribution in [0.15, 0.2) is 24.3 Å². The minimum Gasteiger partial charge on any atom is -0.310 e. The van der Waals surface area contributed by atoms with Crippen molar-refractivity contribution in [3.63, 3.8) is 0 Å². The molecule has 0 aliphatic carbocycles. The highest BCUT2D eigenvalue weighted by atomic mass is 35.5. The van der Waals surface area contributed by atoms with Crippen LogP contribution in [-0.4, -0.2) is 6.04 Å². The lowest BCUT2D eigenvalue weighted by molar-refractivity contribution is 0.534. The summed E-state index contributed by atoms with van der Waals surface area (Å²) >= 11 is 0. The third kappa shape index (κ3) is 5.19. The molecule has 0 aliphatic heterocycles. The van der Waals surface area contributed by atoms with Gasteiger partial charge in [-0.1, -0.05) is 38.1 Å². The third-order valence-corrected chi connectivity index (χ3v) is 2.70. The third-order valence-electron chi connectivity index (χ3n) is 2.70. The summed E-state index contributed by atoms with van der Waals surface area (Å²) in [4.78, 5) is 0. The van der Waals surface area contributed by atoms with Gasteiger partial charge < -0.3 is 5.32 Å². The summed E-state index contributed by atoms with van der Waals surface area (Å²) in [5.41, 5.74) is 2.79. The van der Waals surface area contributed by atoms with Crippen LogP contribution in [0, 0.1) is 0 Å². The minimum absolute atomic E-state index is 0. The van der Waals surface area contributed by atoms with Crippen LogP contribution in [0.3, 0.4) is 0 Å². The fraction of sp³-hybridized carbons (Fsp3) is 0.538. The molecule has 0 saturated carbocycles. The molecule has 1 N–H and O–H groups in total. The molecule has 0 radical (unpaired) electrons. The second-order valence-corrected chi connectivity index (χ2v) is 3.86. The van der Waals surface area contributed by atoms with Crippen molar-refractivity contribution >= 4 is 12.4 Å². The Morgan fingerprint density at radius 3 is 2.07 bits per heavy atom. The Hall–Kier alpha value is -0.530. The Labute approximate surface area is 99.7 Å². The van der Waals surface area contributed by atoms with E-state index in [2.05, 4.69) is 50.4 Å². The SMILES string of the molecule is CCc1ccc(CNC(C)CC)cc1.Cl. The van der Waals surface area contributed by atoms with E-state index in [1.54, 1.807) is 0 Å². The highest BCUT2D eigenvalue weighted by molar-refractivity contribution is 5.85. The minimum atomic E-state index is 0. The molecule has 1 unspecified atom stereocenters. The smallest absolute Gasteiger partial charge is 0.0207 e. The molecule has 86 valence electrons. The molecule has 1 aromatic carbocycles. The van der Waals surface area contributed by atoms with Crippen LogP contribution < -0.4 is 5.32 Å². The molecule has 1 aromatic rings. The molecule has 0 aliphatic rings. The largest absolute Gasteiger partial charge is 0.310 e. The van der Waals surface area contributed by atoms with E-state index in [0.29, 0.717) is 6.04 Å². The first kappa shape index (κ1) is 14.5. The first-order valence-corrected chi connectivity index (χ1v) is 5.57. The van der Waals surface area contributed by atoms with Gasteiger partial charge in [-0.2, -0.15) is 0 Å². The Balaban J connectivity index is 0.00000196. The summed E-state index contributed by atoms with van der Waals surface area (Å²) in [6, 6.07) is 9.48. The molecule has 0 saturated heterocycles. The molecule has 0 spiro atoms. The predicted octanol–water partition coefficient (Wildman–Crippen LogP) is 3.56. The molecule has 1 atom stereocenters. The van der Waals surface area contributed by atoms with Gasteiger partial charge in [-0.25, -0.2) is 0 Å². The van der Waals surface area contributed by atoms with Crippen LogP contribution in [0.2, 0.25) is 0 Å². The summed E-state index contributed by atoms with van der Waals surface area (Å²) in [5.74, 6) is 0. The average Bonchev–Trinajstić information content (AvgIpc) is 2.26. The number of hydrogen-bond acceptors (Lipinski definition) is 1. The Morgan fingerprint density at radius 1 is 1.07 bits per heavy atom. The van der Waals surface area contributed by atoms with E-state index in [0.717, 1.165) is 13.0 Å². The van der Waals surface area contributed by atoms with Gasteiger partial charge in [0.05, 0.1) is 0 Å². The maximum atomic E-state index is 3.49. The highest BCUT2D eigenvalue weighted by Gasteiger charge is 1.97. The number of hydrogen-bond donors (Lipinski definition) is 1. The van der Waals surface area contributed by atoms with Crippen LogP contribution in [0.4, 0.5) is 0 Å². The molecule has 0 bridgehead atoms. The zero-order valence-corrected chi connectivity index (χ0v) is 10.7. The van der Waals surface area contributed by atoms with Crippen molar-refractivity contribution in [2.45, 2.75) is 46.2 Å². The van der Waals surface area contributed by atoms with Gasteiger partial charge in [-0.05, 0) is 30.9 Å². The summed E-state index contributed by atoms with van der Waals surface area (Å²) in [6.07, 6.45) is 2.31. The molecule has 2 heteroatoms. The number of halogens is 1. The average molecular weight is 228 g/mol. The fourth-order valence-corrected chi connectivity index (χ4v) is 1.33. The van der Waals surface area contributed by atoms with Crippen molar-refractivity contribution in [3.05, 3.63) is 35.4 Å². The monoisotopic (exact) mass is 227 g/mol. The fourth-order valence-electron chi connectivity index (χ4n) is 1.33. The molecule has 1 rings (SSSR count). The van der Waals surface area contributed by atoms with E-state index in [1.807, 2.05) is 0 Å². The van der Waals surface area contributed by atoms with Crippen LogP contribution >= 0.6 is 12.4 Å². The molecular formula is C13H22ClN. The quantitative estimate of drug-likeness (QED) is 0.811. The van der Waals surface area contributed by atoms with Crippen LogP contribution in [-0.2, 0) is 13.0 Å². The van der Waals surface area contributed by atoms with Crippen molar-refractivity contribution in [1.82, 2.24) is 5.32 Å². The van der Waals surface area contributed by atoms with Crippen molar-refractivity contribution in [1.29, 1.82) is 0 Å². The van der Waals surface area contributed by atoms with Crippen molar-refractivity contribution < 1.29 is 0 Å². The lowest BCUT2D eigenvalue weighted by Crippen LogP contribution is -2.24. The molecule has 0 heterocycles. The maximum absolute atomic E-state index is 3.49. The van der Waals surface area contributed by atoms with Gasteiger partial charge in [0.2, 0.25) is 0 Å². The van der Waals surface area contributed by atoms with Gasteiger partial charge in [0.15, 0.2) is 0 Å².